The van der Waals surface area contributed by atoms with Crippen LogP contribution in [0.1, 0.15) is 11.5 Å². The average molecular weight is 206 g/mol. The third-order valence-corrected chi connectivity index (χ3v) is 1.68. The molecule has 13 heavy (non-hydrogen) atoms. The molecule has 1 rings (SSSR count). The van der Waals surface area contributed by atoms with E-state index in [9.17, 15) is 4.79 Å². The van der Waals surface area contributed by atoms with E-state index in [1.54, 1.807) is 30.3 Å². The number of benzene rings is 1. The molecule has 3 nitrogen and oxygen atoms in total. The second-order valence-corrected chi connectivity index (χ2v) is 2.48. The Morgan fingerprint density at radius 1 is 1.31 bits per heavy atom. The number of carboxylic acids is 1. The van der Waals surface area contributed by atoms with Crippen molar-refractivity contribution in [1.82, 2.24) is 0 Å². The maximum absolute atomic E-state index is 10.6. The molecule has 0 spiro atoms. The van der Waals surface area contributed by atoms with Crippen LogP contribution in [0, 0.1) is 37.7 Å². The number of carboxylic acid groups (broad SMARTS) is 1. The fourth-order valence-electron chi connectivity index (χ4n) is 1.01. The van der Waals surface area contributed by atoms with Crippen molar-refractivity contribution in [3.63, 3.8) is 0 Å². The van der Waals surface area contributed by atoms with Gasteiger partial charge < -0.3 is 10.2 Å². The second-order valence-electron chi connectivity index (χ2n) is 2.48. The van der Waals surface area contributed by atoms with E-state index in [-0.39, 0.29) is 44.3 Å². The first-order chi connectivity index (χ1) is 5.75. The Morgan fingerprint density at radius 3 is 2.23 bits per heavy atom. The number of rotatable bonds is 3. The molecule has 1 aromatic rings. The SMILES string of the molecule is O=C(O)C(CO)c1ccccc1.[Ar]. The summed E-state index contributed by atoms with van der Waals surface area (Å²) >= 11 is 0. The van der Waals surface area contributed by atoms with Crippen LogP contribution in [0.5, 0.6) is 0 Å². The summed E-state index contributed by atoms with van der Waals surface area (Å²) in [4.78, 5) is 10.6. The molecule has 0 aromatic heterocycles. The van der Waals surface area contributed by atoms with Gasteiger partial charge >= 0.3 is 5.97 Å². The van der Waals surface area contributed by atoms with Crippen molar-refractivity contribution in [2.75, 3.05) is 6.61 Å². The molecule has 0 radical (unpaired) electrons. The van der Waals surface area contributed by atoms with Gasteiger partial charge in [0, 0.05) is 37.7 Å². The number of hydrogen-bond donors (Lipinski definition) is 2. The van der Waals surface area contributed by atoms with Crippen LogP contribution in [0.25, 0.3) is 0 Å². The zero-order valence-electron chi connectivity index (χ0n) is 6.83. The van der Waals surface area contributed by atoms with Crippen LogP contribution in [-0.4, -0.2) is 22.8 Å². The first-order valence-corrected chi connectivity index (χ1v) is 3.64. The van der Waals surface area contributed by atoms with Crippen molar-refractivity contribution in [2.45, 2.75) is 5.92 Å². The van der Waals surface area contributed by atoms with Gasteiger partial charge in [-0.3, -0.25) is 4.79 Å². The molecule has 1 aromatic carbocycles. The average Bonchev–Trinajstić information content (AvgIpc) is 2.07. The van der Waals surface area contributed by atoms with Crippen molar-refractivity contribution in [3.05, 3.63) is 35.9 Å². The quantitative estimate of drug-likeness (QED) is 0.770. The Bertz CT molecular complexity index is 261. The van der Waals surface area contributed by atoms with Gasteiger partial charge in [-0.2, -0.15) is 0 Å². The number of hydrogen-bond acceptors (Lipinski definition) is 2. The van der Waals surface area contributed by atoms with Crippen LogP contribution in [0.2, 0.25) is 0 Å². The molecule has 1 atom stereocenters. The summed E-state index contributed by atoms with van der Waals surface area (Å²) in [5.41, 5.74) is 0.632. The van der Waals surface area contributed by atoms with Gasteiger partial charge in [0.05, 0.1) is 6.61 Å². The zero-order valence-corrected chi connectivity index (χ0v) is 7.53. The number of aliphatic hydroxyl groups excluding tert-OH is 1. The molecular weight excluding hydrogens is 196 g/mol. The Hall–Kier alpha value is -0.0903. The van der Waals surface area contributed by atoms with Crippen LogP contribution in [0.15, 0.2) is 30.3 Å². The second kappa shape index (κ2) is 6.38. The van der Waals surface area contributed by atoms with E-state index in [2.05, 4.69) is 0 Å². The molecule has 0 heterocycles. The number of carbonyl (C=O) groups is 1. The molecule has 4 heteroatoms. The van der Waals surface area contributed by atoms with E-state index in [0.29, 0.717) is 5.56 Å². The Morgan fingerprint density at radius 2 is 1.85 bits per heavy atom. The van der Waals surface area contributed by atoms with Crippen LogP contribution in [0.3, 0.4) is 0 Å². The number of aliphatic hydroxyl groups is 1. The van der Waals surface area contributed by atoms with Crippen LogP contribution in [-0.2, 0) is 4.79 Å². The van der Waals surface area contributed by atoms with E-state index in [1.807, 2.05) is 0 Å². The van der Waals surface area contributed by atoms with Crippen LogP contribution < -0.4 is 0 Å². The molecule has 2 N–H and O–H groups in total. The minimum absolute atomic E-state index is 0. The first-order valence-electron chi connectivity index (χ1n) is 3.64. The molecule has 0 aliphatic rings. The summed E-state index contributed by atoms with van der Waals surface area (Å²) in [5.74, 6) is -1.80. The van der Waals surface area contributed by atoms with E-state index in [4.69, 9.17) is 10.2 Å². The molecular formula is C9H10ArO3. The predicted molar refractivity (Wildman–Crippen MR) is 43.9 cm³/mol. The van der Waals surface area contributed by atoms with Gasteiger partial charge in [-0.05, 0) is 5.56 Å². The Kier molecular flexibility index (Phi) is 6.33. The first kappa shape index (κ1) is 12.9. The molecule has 0 aliphatic carbocycles. The van der Waals surface area contributed by atoms with Crippen molar-refractivity contribution >= 4 is 5.97 Å². The van der Waals surface area contributed by atoms with Gasteiger partial charge in [0.15, 0.2) is 0 Å². The minimum atomic E-state index is -0.997. The molecule has 0 bridgehead atoms. The Labute approximate surface area is 106 Å². The van der Waals surface area contributed by atoms with Crippen LogP contribution in [0.4, 0.5) is 0 Å². The van der Waals surface area contributed by atoms with E-state index in [1.165, 1.54) is 0 Å². The normalized spacial score (nSPS) is 11.5. The zero-order chi connectivity index (χ0) is 8.97. The molecule has 0 saturated carbocycles. The van der Waals surface area contributed by atoms with Gasteiger partial charge in [0.1, 0.15) is 5.92 Å². The standard InChI is InChI=1S/C9H10O3.Ar/c10-6-8(9(11)12)7-4-2-1-3-5-7;/h1-5,8,10H,6H2,(H,11,12);. The van der Waals surface area contributed by atoms with Gasteiger partial charge in [-0.15, -0.1) is 0 Å². The summed E-state index contributed by atoms with van der Waals surface area (Å²) in [6.07, 6.45) is 0. The van der Waals surface area contributed by atoms with Gasteiger partial charge in [0.25, 0.3) is 0 Å². The van der Waals surface area contributed by atoms with Gasteiger partial charge in [0.2, 0.25) is 0 Å². The summed E-state index contributed by atoms with van der Waals surface area (Å²) in [7, 11) is 0. The van der Waals surface area contributed by atoms with E-state index >= 15 is 0 Å². The molecule has 0 fully saturated rings. The molecule has 1 unspecified atom stereocenters. The summed E-state index contributed by atoms with van der Waals surface area (Å²) < 4.78 is 0. The molecule has 0 amide bonds. The third kappa shape index (κ3) is 3.65. The predicted octanol–water partition coefficient (Wildman–Crippen LogP) is 0.847. The molecule has 72 valence electrons. The van der Waals surface area contributed by atoms with E-state index < -0.39 is 11.9 Å². The van der Waals surface area contributed by atoms with Crippen molar-refractivity contribution in [1.29, 1.82) is 0 Å². The molecule has 0 saturated heterocycles. The fourth-order valence-corrected chi connectivity index (χ4v) is 1.01. The van der Waals surface area contributed by atoms with Gasteiger partial charge in [-0.1, -0.05) is 30.3 Å². The monoisotopic (exact) mass is 206 g/mol. The topological polar surface area (TPSA) is 57.5 Å². The van der Waals surface area contributed by atoms with Gasteiger partial charge in [-0.25, -0.2) is 0 Å². The smallest absolute Gasteiger partial charge is 0.313 e. The van der Waals surface area contributed by atoms with Crippen molar-refractivity contribution in [3.8, 4) is 0 Å². The Balaban J connectivity index is 0.00000144. The fraction of sp³-hybridized carbons (Fsp3) is 0.222. The summed E-state index contributed by atoms with van der Waals surface area (Å²) in [6, 6.07) is 8.69. The summed E-state index contributed by atoms with van der Waals surface area (Å²) in [5, 5.41) is 17.4. The van der Waals surface area contributed by atoms with Crippen LogP contribution >= 0.6 is 0 Å². The largest absolute Gasteiger partial charge is 0.481 e. The van der Waals surface area contributed by atoms with E-state index in [0.717, 1.165) is 0 Å². The van der Waals surface area contributed by atoms with Crippen molar-refractivity contribution in [2.24, 2.45) is 0 Å². The summed E-state index contributed by atoms with van der Waals surface area (Å²) in [6.45, 7) is -0.362. The third-order valence-electron chi connectivity index (χ3n) is 1.68. The maximum atomic E-state index is 10.6. The maximum Gasteiger partial charge on any atom is 0.313 e. The minimum Gasteiger partial charge on any atom is -0.481 e. The molecule has 0 aliphatic heterocycles. The number of aliphatic carboxylic acids is 1. The van der Waals surface area contributed by atoms with Crippen molar-refractivity contribution < 1.29 is 52.7 Å².